The summed E-state index contributed by atoms with van der Waals surface area (Å²) in [6.07, 6.45) is 1.50. The van der Waals surface area contributed by atoms with E-state index < -0.39 is 0 Å². The molecule has 0 unspecified atom stereocenters. The number of aliphatic hydroxyl groups excluding tert-OH is 1. The van der Waals surface area contributed by atoms with Crippen molar-refractivity contribution in [3.05, 3.63) is 22.8 Å². The topological polar surface area (TPSA) is 72.3 Å². The Kier molecular flexibility index (Phi) is 2.15. The molecule has 0 saturated carbocycles. The van der Waals surface area contributed by atoms with Crippen LogP contribution in [0.25, 0.3) is 11.5 Å². The van der Waals surface area contributed by atoms with Crippen LogP contribution in [0.2, 0.25) is 0 Å². The molecule has 0 atom stereocenters. The van der Waals surface area contributed by atoms with Crippen LogP contribution in [0.5, 0.6) is 0 Å². The van der Waals surface area contributed by atoms with Gasteiger partial charge in [-0.3, -0.25) is 0 Å². The smallest absolute Gasteiger partial charge is 0.262 e. The molecule has 2 rings (SSSR count). The molecule has 5 nitrogen and oxygen atoms in total. The van der Waals surface area contributed by atoms with E-state index in [1.807, 2.05) is 0 Å². The largest absolute Gasteiger partial charge is 0.457 e. The lowest BCUT2D eigenvalue weighted by atomic mass is 10.3. The summed E-state index contributed by atoms with van der Waals surface area (Å²) in [5.74, 6) is 0.577. The molecule has 0 aliphatic carbocycles. The number of furan rings is 1. The lowest BCUT2D eigenvalue weighted by Crippen LogP contribution is -1.84. The molecule has 0 amide bonds. The highest BCUT2D eigenvalue weighted by atomic mass is 79.9. The predicted molar refractivity (Wildman–Crippen MR) is 45.6 cm³/mol. The standard InChI is InChI=1S/C7H5BrN2O3/c8-6-4(1-2-12-6)7-9-5(3-11)10-13-7/h1-2,11H,3H2. The number of nitrogens with zero attached hydrogens (tertiary/aromatic N) is 2. The van der Waals surface area contributed by atoms with E-state index in [0.717, 1.165) is 0 Å². The fraction of sp³-hybridized carbons (Fsp3) is 0.143. The minimum absolute atomic E-state index is 0.237. The van der Waals surface area contributed by atoms with Gasteiger partial charge in [0.2, 0.25) is 0 Å². The Morgan fingerprint density at radius 3 is 2.92 bits per heavy atom. The molecule has 2 aromatic heterocycles. The molecule has 0 saturated heterocycles. The second-order valence-electron chi connectivity index (χ2n) is 2.28. The molecule has 6 heteroatoms. The quantitative estimate of drug-likeness (QED) is 0.869. The summed E-state index contributed by atoms with van der Waals surface area (Å²) >= 11 is 3.18. The van der Waals surface area contributed by atoms with Crippen molar-refractivity contribution in [2.24, 2.45) is 0 Å². The van der Waals surface area contributed by atoms with Gasteiger partial charge in [0.15, 0.2) is 10.5 Å². The first-order chi connectivity index (χ1) is 6.31. The molecule has 1 N–H and O–H groups in total. The average molecular weight is 245 g/mol. The fourth-order valence-electron chi connectivity index (χ4n) is 0.874. The van der Waals surface area contributed by atoms with Crippen molar-refractivity contribution in [3.8, 4) is 11.5 Å². The molecular formula is C7H5BrN2O3. The van der Waals surface area contributed by atoms with E-state index >= 15 is 0 Å². The van der Waals surface area contributed by atoms with E-state index in [1.54, 1.807) is 6.07 Å². The second-order valence-corrected chi connectivity index (χ2v) is 3.00. The zero-order valence-corrected chi connectivity index (χ0v) is 7.98. The van der Waals surface area contributed by atoms with E-state index in [-0.39, 0.29) is 12.4 Å². The van der Waals surface area contributed by atoms with Crippen LogP contribution in [0, 0.1) is 0 Å². The molecule has 0 aliphatic heterocycles. The van der Waals surface area contributed by atoms with E-state index in [2.05, 4.69) is 26.1 Å². The number of halogens is 1. The van der Waals surface area contributed by atoms with Crippen LogP contribution in [0.15, 0.2) is 25.9 Å². The van der Waals surface area contributed by atoms with Gasteiger partial charge in [-0.1, -0.05) is 5.16 Å². The minimum atomic E-state index is -0.237. The summed E-state index contributed by atoms with van der Waals surface area (Å²) in [6, 6.07) is 1.69. The zero-order chi connectivity index (χ0) is 9.26. The van der Waals surface area contributed by atoms with Gasteiger partial charge in [0.1, 0.15) is 6.61 Å². The molecule has 0 aromatic carbocycles. The Bertz CT molecular complexity index is 409. The van der Waals surface area contributed by atoms with Crippen molar-refractivity contribution < 1.29 is 14.0 Å². The third-order valence-corrected chi connectivity index (χ3v) is 2.07. The van der Waals surface area contributed by atoms with Crippen molar-refractivity contribution >= 4 is 15.9 Å². The highest BCUT2D eigenvalue weighted by molar-refractivity contribution is 9.10. The van der Waals surface area contributed by atoms with Crippen LogP contribution in [-0.4, -0.2) is 15.2 Å². The maximum absolute atomic E-state index is 8.70. The molecule has 2 aromatic rings. The van der Waals surface area contributed by atoms with Gasteiger partial charge in [0.25, 0.3) is 5.89 Å². The Balaban J connectivity index is 2.41. The maximum atomic E-state index is 8.70. The number of hydrogen-bond acceptors (Lipinski definition) is 5. The predicted octanol–water partition coefficient (Wildman–Crippen LogP) is 1.58. The lowest BCUT2D eigenvalue weighted by Gasteiger charge is -1.85. The van der Waals surface area contributed by atoms with E-state index in [0.29, 0.717) is 16.1 Å². The summed E-state index contributed by atoms with van der Waals surface area (Å²) in [4.78, 5) is 3.91. The SMILES string of the molecule is OCc1noc(-c2ccoc2Br)n1. The van der Waals surface area contributed by atoms with Crippen LogP contribution in [0.1, 0.15) is 5.82 Å². The highest BCUT2D eigenvalue weighted by Crippen LogP contribution is 2.27. The summed E-state index contributed by atoms with van der Waals surface area (Å²) in [5, 5.41) is 12.2. The van der Waals surface area contributed by atoms with Crippen LogP contribution in [0.4, 0.5) is 0 Å². The molecule has 68 valence electrons. The second kappa shape index (κ2) is 3.31. The molecule has 13 heavy (non-hydrogen) atoms. The first-order valence-electron chi connectivity index (χ1n) is 3.48. The Hall–Kier alpha value is -1.14. The third-order valence-electron chi connectivity index (χ3n) is 1.46. The number of rotatable bonds is 2. The van der Waals surface area contributed by atoms with Crippen molar-refractivity contribution in [1.29, 1.82) is 0 Å². The normalized spacial score (nSPS) is 10.6. The van der Waals surface area contributed by atoms with Gasteiger partial charge in [-0.15, -0.1) is 0 Å². The van der Waals surface area contributed by atoms with E-state index in [9.17, 15) is 0 Å². The number of aliphatic hydroxyl groups is 1. The van der Waals surface area contributed by atoms with Gasteiger partial charge in [-0.2, -0.15) is 4.98 Å². The molecule has 0 fully saturated rings. The first kappa shape index (κ1) is 8.46. The van der Waals surface area contributed by atoms with Crippen LogP contribution in [-0.2, 0) is 6.61 Å². The van der Waals surface area contributed by atoms with Crippen molar-refractivity contribution in [2.45, 2.75) is 6.61 Å². The number of aromatic nitrogens is 2. The third kappa shape index (κ3) is 1.50. The Morgan fingerprint density at radius 1 is 1.54 bits per heavy atom. The van der Waals surface area contributed by atoms with Gasteiger partial charge in [-0.25, -0.2) is 0 Å². The van der Waals surface area contributed by atoms with Gasteiger partial charge in [0, 0.05) is 0 Å². The summed E-state index contributed by atoms with van der Waals surface area (Å²) in [6.45, 7) is -0.237. The van der Waals surface area contributed by atoms with Gasteiger partial charge in [0.05, 0.1) is 11.8 Å². The van der Waals surface area contributed by atoms with Gasteiger partial charge < -0.3 is 14.0 Å². The minimum Gasteiger partial charge on any atom is -0.457 e. The first-order valence-corrected chi connectivity index (χ1v) is 4.27. The Labute approximate surface area is 81.5 Å². The molecule has 0 bridgehead atoms. The lowest BCUT2D eigenvalue weighted by molar-refractivity contribution is 0.264. The van der Waals surface area contributed by atoms with Gasteiger partial charge in [-0.05, 0) is 22.0 Å². The van der Waals surface area contributed by atoms with Crippen LogP contribution in [0.3, 0.4) is 0 Å². The number of hydrogen-bond donors (Lipinski definition) is 1. The van der Waals surface area contributed by atoms with E-state index in [1.165, 1.54) is 6.26 Å². The van der Waals surface area contributed by atoms with Crippen molar-refractivity contribution in [3.63, 3.8) is 0 Å². The molecular weight excluding hydrogens is 240 g/mol. The Morgan fingerprint density at radius 2 is 2.38 bits per heavy atom. The summed E-state index contributed by atoms with van der Waals surface area (Å²) in [5.41, 5.74) is 0.673. The summed E-state index contributed by atoms with van der Waals surface area (Å²) < 4.78 is 10.4. The average Bonchev–Trinajstić information content (AvgIpc) is 2.71. The van der Waals surface area contributed by atoms with E-state index in [4.69, 9.17) is 14.0 Å². The molecule has 0 aliphatic rings. The van der Waals surface area contributed by atoms with Crippen molar-refractivity contribution in [2.75, 3.05) is 0 Å². The summed E-state index contributed by atoms with van der Waals surface area (Å²) in [7, 11) is 0. The molecule has 0 radical (unpaired) electrons. The maximum Gasteiger partial charge on any atom is 0.262 e. The van der Waals surface area contributed by atoms with Crippen molar-refractivity contribution in [1.82, 2.24) is 10.1 Å². The monoisotopic (exact) mass is 244 g/mol. The zero-order valence-electron chi connectivity index (χ0n) is 6.40. The van der Waals surface area contributed by atoms with Crippen LogP contribution >= 0.6 is 15.9 Å². The molecule has 0 spiro atoms. The molecule has 2 heterocycles. The van der Waals surface area contributed by atoms with Crippen LogP contribution < -0.4 is 0 Å². The fourth-order valence-corrected chi connectivity index (χ4v) is 1.28. The highest BCUT2D eigenvalue weighted by Gasteiger charge is 2.13. The van der Waals surface area contributed by atoms with Gasteiger partial charge >= 0.3 is 0 Å².